The minimum atomic E-state index is 0.740. The Bertz CT molecular complexity index is 245. The molecule has 1 aliphatic rings. The highest BCUT2D eigenvalue weighted by atomic mass is 15.0. The Balaban J connectivity index is 2.05. The van der Waals surface area contributed by atoms with Gasteiger partial charge in [-0.05, 0) is 13.0 Å². The third-order valence-corrected chi connectivity index (χ3v) is 2.13. The van der Waals surface area contributed by atoms with Crippen molar-refractivity contribution in [3.8, 4) is 0 Å². The number of rotatable bonds is 3. The number of fused-ring (bicyclic) bond motifs is 1. The monoisotopic (exact) mass is 166 g/mol. The lowest BCUT2D eigenvalue weighted by molar-refractivity contribution is 0.721. The van der Waals surface area contributed by atoms with Crippen LogP contribution in [0.4, 0.5) is 0 Å². The zero-order valence-corrected chi connectivity index (χ0v) is 7.06. The maximum Gasteiger partial charge on any atom is 0.106 e. The number of nitrogens with two attached hydrogens (primary N) is 1. The van der Waals surface area contributed by atoms with Crippen molar-refractivity contribution in [2.75, 3.05) is 6.54 Å². The van der Waals surface area contributed by atoms with E-state index in [0.29, 0.717) is 0 Å². The molecule has 0 saturated heterocycles. The first kappa shape index (κ1) is 7.76. The van der Waals surface area contributed by atoms with Crippen molar-refractivity contribution in [3.63, 3.8) is 0 Å². The van der Waals surface area contributed by atoms with Crippen LogP contribution < -0.4 is 11.1 Å². The van der Waals surface area contributed by atoms with E-state index in [0.717, 1.165) is 38.3 Å². The van der Waals surface area contributed by atoms with Gasteiger partial charge >= 0.3 is 0 Å². The van der Waals surface area contributed by atoms with Crippen LogP contribution in [0.2, 0.25) is 0 Å². The Hall–Kier alpha value is -0.870. The Morgan fingerprint density at radius 1 is 1.42 bits per heavy atom. The molecule has 0 unspecified atom stereocenters. The van der Waals surface area contributed by atoms with Crippen LogP contribution in [0.15, 0.2) is 0 Å². The molecule has 0 bridgehead atoms. The molecule has 1 aliphatic heterocycles. The van der Waals surface area contributed by atoms with Gasteiger partial charge in [-0.3, -0.25) is 0 Å². The van der Waals surface area contributed by atoms with Crippen molar-refractivity contribution in [2.24, 2.45) is 5.73 Å². The van der Waals surface area contributed by atoms with E-state index < -0.39 is 0 Å². The predicted octanol–water partition coefficient (Wildman–Crippen LogP) is -0.0958. The number of nitrogens with zero attached hydrogens (tertiary/aromatic N) is 1. The summed E-state index contributed by atoms with van der Waals surface area (Å²) in [5, 5.41) is 3.23. The van der Waals surface area contributed by atoms with E-state index in [2.05, 4.69) is 15.3 Å². The van der Waals surface area contributed by atoms with Gasteiger partial charge in [0.25, 0.3) is 0 Å². The second-order valence-electron chi connectivity index (χ2n) is 3.10. The smallest absolute Gasteiger partial charge is 0.106 e. The third kappa shape index (κ3) is 1.35. The number of nitrogens with one attached hydrogen (secondary N) is 2. The normalized spacial score (nSPS) is 15.1. The molecule has 66 valence electrons. The van der Waals surface area contributed by atoms with Crippen molar-refractivity contribution in [1.29, 1.82) is 0 Å². The van der Waals surface area contributed by atoms with Crippen LogP contribution in [-0.2, 0) is 19.5 Å². The van der Waals surface area contributed by atoms with Crippen LogP contribution in [0.3, 0.4) is 0 Å². The molecule has 1 aromatic rings. The molecule has 0 atom stereocenters. The van der Waals surface area contributed by atoms with Crippen LogP contribution in [-0.4, -0.2) is 16.5 Å². The fourth-order valence-corrected chi connectivity index (χ4v) is 1.49. The van der Waals surface area contributed by atoms with Crippen LogP contribution in [0, 0.1) is 0 Å². The van der Waals surface area contributed by atoms with E-state index in [4.69, 9.17) is 5.73 Å². The summed E-state index contributed by atoms with van der Waals surface area (Å²) in [5.74, 6) is 1.09. The molecule has 0 amide bonds. The van der Waals surface area contributed by atoms with E-state index >= 15 is 0 Å². The predicted molar refractivity (Wildman–Crippen MR) is 46.5 cm³/mol. The number of H-pyrrole nitrogens is 1. The first-order chi connectivity index (χ1) is 5.90. The Labute approximate surface area is 71.6 Å². The fourth-order valence-electron chi connectivity index (χ4n) is 1.49. The lowest BCUT2D eigenvalue weighted by Gasteiger charge is -1.94. The summed E-state index contributed by atoms with van der Waals surface area (Å²) in [4.78, 5) is 7.75. The molecular weight excluding hydrogens is 152 g/mol. The number of imidazole rings is 1. The SMILES string of the molecule is NCCCc1nc2c([nH]1)CNC2. The van der Waals surface area contributed by atoms with Crippen LogP contribution in [0.25, 0.3) is 0 Å². The van der Waals surface area contributed by atoms with Gasteiger partial charge in [-0.15, -0.1) is 0 Å². The molecule has 0 aliphatic carbocycles. The summed E-state index contributed by atoms with van der Waals surface area (Å²) in [6, 6.07) is 0. The number of aromatic amines is 1. The summed E-state index contributed by atoms with van der Waals surface area (Å²) in [6.07, 6.45) is 1.99. The summed E-state index contributed by atoms with van der Waals surface area (Å²) in [6.45, 7) is 2.59. The molecule has 2 rings (SSSR count). The van der Waals surface area contributed by atoms with E-state index in [9.17, 15) is 0 Å². The molecule has 4 heteroatoms. The quantitative estimate of drug-likeness (QED) is 0.587. The van der Waals surface area contributed by atoms with Crippen molar-refractivity contribution < 1.29 is 0 Å². The highest BCUT2D eigenvalue weighted by molar-refractivity contribution is 5.18. The van der Waals surface area contributed by atoms with Gasteiger partial charge in [0.15, 0.2) is 0 Å². The van der Waals surface area contributed by atoms with Crippen molar-refractivity contribution in [2.45, 2.75) is 25.9 Å². The Kier molecular flexibility index (Phi) is 2.10. The fraction of sp³-hybridized carbons (Fsp3) is 0.625. The van der Waals surface area contributed by atoms with Crippen LogP contribution >= 0.6 is 0 Å². The van der Waals surface area contributed by atoms with Gasteiger partial charge in [-0.2, -0.15) is 0 Å². The van der Waals surface area contributed by atoms with Crippen LogP contribution in [0.5, 0.6) is 0 Å². The van der Waals surface area contributed by atoms with E-state index in [1.54, 1.807) is 0 Å². The minimum Gasteiger partial charge on any atom is -0.345 e. The molecule has 12 heavy (non-hydrogen) atoms. The second-order valence-corrected chi connectivity index (χ2v) is 3.10. The van der Waals surface area contributed by atoms with E-state index in [1.807, 2.05) is 0 Å². The first-order valence-electron chi connectivity index (χ1n) is 4.37. The molecule has 0 saturated carbocycles. The Morgan fingerprint density at radius 2 is 2.33 bits per heavy atom. The standard InChI is InChI=1S/C8H14N4/c9-3-1-2-8-11-6-4-10-5-7(6)12-8/h10H,1-5,9H2,(H,11,12). The average Bonchev–Trinajstić information content (AvgIpc) is 2.58. The van der Waals surface area contributed by atoms with Gasteiger partial charge in [-0.25, -0.2) is 4.98 Å². The van der Waals surface area contributed by atoms with Gasteiger partial charge in [0.1, 0.15) is 5.82 Å². The maximum absolute atomic E-state index is 5.41. The molecule has 0 fully saturated rings. The molecule has 1 aromatic heterocycles. The lowest BCUT2D eigenvalue weighted by atomic mass is 10.3. The molecule has 0 aromatic carbocycles. The number of aromatic nitrogens is 2. The lowest BCUT2D eigenvalue weighted by Crippen LogP contribution is -2.05. The summed E-state index contributed by atoms with van der Waals surface area (Å²) in [5.41, 5.74) is 7.85. The average molecular weight is 166 g/mol. The third-order valence-electron chi connectivity index (χ3n) is 2.13. The molecule has 4 N–H and O–H groups in total. The summed E-state index contributed by atoms with van der Waals surface area (Å²) >= 11 is 0. The largest absolute Gasteiger partial charge is 0.345 e. The highest BCUT2D eigenvalue weighted by Crippen LogP contribution is 2.12. The zero-order valence-electron chi connectivity index (χ0n) is 7.06. The minimum absolute atomic E-state index is 0.740. The van der Waals surface area contributed by atoms with Gasteiger partial charge in [0, 0.05) is 19.5 Å². The Morgan fingerprint density at radius 3 is 3.08 bits per heavy atom. The van der Waals surface area contributed by atoms with Gasteiger partial charge < -0.3 is 16.0 Å². The summed E-state index contributed by atoms with van der Waals surface area (Å²) < 4.78 is 0. The van der Waals surface area contributed by atoms with Crippen molar-refractivity contribution >= 4 is 0 Å². The van der Waals surface area contributed by atoms with Crippen LogP contribution in [0.1, 0.15) is 23.6 Å². The number of aryl methyl sites for hydroxylation is 1. The molecule has 4 nitrogen and oxygen atoms in total. The maximum atomic E-state index is 5.41. The molecule has 2 heterocycles. The molecule has 0 spiro atoms. The molecule has 0 radical (unpaired) electrons. The number of hydrogen-bond acceptors (Lipinski definition) is 3. The van der Waals surface area contributed by atoms with E-state index in [1.165, 1.54) is 11.4 Å². The van der Waals surface area contributed by atoms with E-state index in [-0.39, 0.29) is 0 Å². The topological polar surface area (TPSA) is 66.7 Å². The number of hydrogen-bond donors (Lipinski definition) is 3. The highest BCUT2D eigenvalue weighted by Gasteiger charge is 2.14. The summed E-state index contributed by atoms with van der Waals surface area (Å²) in [7, 11) is 0. The van der Waals surface area contributed by atoms with Gasteiger partial charge in [0.05, 0.1) is 11.4 Å². The van der Waals surface area contributed by atoms with Crippen molar-refractivity contribution in [1.82, 2.24) is 15.3 Å². The van der Waals surface area contributed by atoms with Gasteiger partial charge in [-0.1, -0.05) is 0 Å². The molecular formula is C8H14N4. The van der Waals surface area contributed by atoms with Gasteiger partial charge in [0.2, 0.25) is 0 Å². The zero-order chi connectivity index (χ0) is 8.39. The van der Waals surface area contributed by atoms with Crippen molar-refractivity contribution in [3.05, 3.63) is 17.2 Å². The second kappa shape index (κ2) is 3.25. The first-order valence-corrected chi connectivity index (χ1v) is 4.37.